The second-order valence-corrected chi connectivity index (χ2v) is 20.4. The third-order valence-corrected chi connectivity index (χ3v) is 11.8. The molecule has 0 aromatic heterocycles. The van der Waals surface area contributed by atoms with Crippen molar-refractivity contribution in [1.29, 1.82) is 0 Å². The van der Waals surface area contributed by atoms with Gasteiger partial charge in [-0.15, -0.1) is 0 Å². The Morgan fingerprint density at radius 3 is 1.28 bits per heavy atom. The summed E-state index contributed by atoms with van der Waals surface area (Å²) in [4.78, 5) is 156. The average Bonchev–Trinajstić information content (AvgIpc) is 3.29. The second kappa shape index (κ2) is 34.4. The Kier molecular flexibility index (Phi) is 31.6. The Hall–Kier alpha value is -6.13. The molecule has 27 nitrogen and oxygen atoms in total. The van der Waals surface area contributed by atoms with Crippen LogP contribution in [0.25, 0.3) is 0 Å². The maximum atomic E-state index is 13.8. The molecule has 0 aliphatic carbocycles. The number of amides is 11. The number of nitrogens with two attached hydrogens (primary N) is 4. The number of aliphatic carboxylic acids is 1. The fraction of sp³-hybridized carbons (Fsp3) is 0.745. The summed E-state index contributed by atoms with van der Waals surface area (Å²) in [6.45, 7) is 16.3. The lowest BCUT2D eigenvalue weighted by atomic mass is 9.99. The van der Waals surface area contributed by atoms with Crippen LogP contribution in [0.5, 0.6) is 0 Å². The summed E-state index contributed by atoms with van der Waals surface area (Å²) in [6.07, 6.45) is -1.64. The van der Waals surface area contributed by atoms with E-state index in [4.69, 9.17) is 22.9 Å². The molecule has 28 heteroatoms. The molecule has 0 aliphatic heterocycles. The first-order chi connectivity index (χ1) is 34.8. The highest BCUT2D eigenvalue weighted by molar-refractivity contribution is 7.80. The number of hydrogen-bond acceptors (Lipinski definition) is 16. The quantitative estimate of drug-likeness (QED) is 0.0209. The van der Waals surface area contributed by atoms with Gasteiger partial charge >= 0.3 is 5.97 Å². The van der Waals surface area contributed by atoms with E-state index in [-0.39, 0.29) is 49.7 Å². The summed E-state index contributed by atoms with van der Waals surface area (Å²) >= 11 is 4.21. The highest BCUT2D eigenvalue weighted by Gasteiger charge is 2.37. The van der Waals surface area contributed by atoms with Crippen LogP contribution in [0.15, 0.2) is 0 Å². The number of primary amides is 2. The van der Waals surface area contributed by atoms with Gasteiger partial charge in [0.2, 0.25) is 65.0 Å². The predicted octanol–water partition coefficient (Wildman–Crippen LogP) is -4.23. The largest absolute Gasteiger partial charge is 0.480 e. The molecule has 75 heavy (non-hydrogen) atoms. The van der Waals surface area contributed by atoms with Gasteiger partial charge in [0.25, 0.3) is 0 Å². The van der Waals surface area contributed by atoms with Gasteiger partial charge in [-0.05, 0) is 82.6 Å². The zero-order valence-corrected chi connectivity index (χ0v) is 45.7. The Balaban J connectivity index is 6.21. The van der Waals surface area contributed by atoms with Gasteiger partial charge in [0.1, 0.15) is 54.4 Å². The van der Waals surface area contributed by atoms with E-state index in [1.54, 1.807) is 55.4 Å². The zero-order chi connectivity index (χ0) is 58.0. The third-order valence-electron chi connectivity index (χ3n) is 11.4. The Morgan fingerprint density at radius 2 is 0.867 bits per heavy atom. The van der Waals surface area contributed by atoms with E-state index in [0.717, 1.165) is 0 Å². The summed E-state index contributed by atoms with van der Waals surface area (Å²) in [6, 6.07) is -13.8. The van der Waals surface area contributed by atoms with Crippen molar-refractivity contribution in [3.05, 3.63) is 0 Å². The van der Waals surface area contributed by atoms with Crippen LogP contribution in [0.1, 0.15) is 121 Å². The van der Waals surface area contributed by atoms with Crippen molar-refractivity contribution in [2.24, 2.45) is 46.6 Å². The third kappa shape index (κ3) is 26.3. The zero-order valence-electron chi connectivity index (χ0n) is 44.8. The molecular formula is C47H85N13O14S. The fourth-order valence-electron chi connectivity index (χ4n) is 7.19. The number of aliphatic hydroxyl groups is 1. The summed E-state index contributed by atoms with van der Waals surface area (Å²) in [5, 5.41) is 42.7. The fourth-order valence-corrected chi connectivity index (χ4v) is 7.45. The summed E-state index contributed by atoms with van der Waals surface area (Å²) < 4.78 is 0. The van der Waals surface area contributed by atoms with Gasteiger partial charge in [0.05, 0.1) is 18.6 Å². The number of thiol groups is 1. The van der Waals surface area contributed by atoms with Gasteiger partial charge in [-0.3, -0.25) is 52.7 Å². The minimum absolute atomic E-state index is 0.00614. The number of hydrogen-bond donors (Lipinski definition) is 16. The Bertz CT molecular complexity index is 1970. The van der Waals surface area contributed by atoms with Gasteiger partial charge in [-0.1, -0.05) is 55.4 Å². The second-order valence-electron chi connectivity index (χ2n) is 20.1. The van der Waals surface area contributed by atoms with Crippen molar-refractivity contribution in [2.45, 2.75) is 187 Å². The standard InChI is InChI=1S/C47H85N13O14S/c1-21(2)17-30(55-38(64)25(9)52-44(70)35(23(5)6)58-40(66)28(14-15-33(50)62)53-39(65)27(49)19-34(51)63)42(68)60-37(26(10)61)46(72)57-32(20-75)43(69)56-31(18-22(3)4)41(67)59-36(24(7)8)45(71)54-29(47(73)74)13-11-12-16-48/h21-32,35-37,61,75H,11-20,48-49H2,1-10H3,(H2,50,62)(H2,51,63)(H,52,70)(H,53,65)(H,54,71)(H,55,64)(H,56,69)(H,57,72)(H,58,66)(H,59,67)(H,60,68)(H,73,74)/t25-,26+,27-,28-,29-,30-,31-,32-,35-,36-,37-/m0/s1. The minimum atomic E-state index is -1.72. The molecule has 0 saturated carbocycles. The van der Waals surface area contributed by atoms with Crippen molar-refractivity contribution in [3.63, 3.8) is 0 Å². The molecule has 0 rings (SSSR count). The lowest BCUT2D eigenvalue weighted by Crippen LogP contribution is -2.62. The van der Waals surface area contributed by atoms with Gasteiger partial charge in [-0.2, -0.15) is 12.6 Å². The molecule has 0 radical (unpaired) electrons. The number of carbonyl (C=O) groups excluding carboxylic acids is 11. The first kappa shape index (κ1) is 68.9. The van der Waals surface area contributed by atoms with Crippen molar-refractivity contribution < 1.29 is 67.7 Å². The number of carbonyl (C=O) groups is 12. The molecule has 11 atom stereocenters. The molecule has 0 heterocycles. The highest BCUT2D eigenvalue weighted by atomic mass is 32.1. The molecular weight excluding hydrogens is 1000 g/mol. The van der Waals surface area contributed by atoms with Crippen LogP contribution in [0.2, 0.25) is 0 Å². The number of aliphatic hydroxyl groups excluding tert-OH is 1. The lowest BCUT2D eigenvalue weighted by Gasteiger charge is -2.29. The van der Waals surface area contributed by atoms with Gasteiger partial charge in [-0.25, -0.2) is 4.79 Å². The monoisotopic (exact) mass is 1090 g/mol. The van der Waals surface area contributed by atoms with Crippen LogP contribution in [-0.2, 0) is 57.5 Å². The number of carboxylic acid groups (broad SMARTS) is 1. The summed E-state index contributed by atoms with van der Waals surface area (Å²) in [5.74, 6) is -12.8. The van der Waals surface area contributed by atoms with Crippen molar-refractivity contribution >= 4 is 83.6 Å². The van der Waals surface area contributed by atoms with E-state index in [9.17, 15) is 67.7 Å². The SMILES string of the molecule is CC(C)C[C@H](NC(=O)[C@H](C)NC(=O)[C@@H](NC(=O)[C@H](CCC(N)=O)NC(=O)[C@@H](N)CC(N)=O)C(C)C)C(=O)N[C@H](C(=O)N[C@@H](CS)C(=O)N[C@@H](CC(C)C)C(=O)N[C@H](C(=O)N[C@@H](CCCCN)C(=O)O)C(C)C)[C@@H](C)O. The molecule has 0 spiro atoms. The van der Waals surface area contributed by atoms with E-state index in [0.29, 0.717) is 19.4 Å². The molecule has 0 aliphatic rings. The van der Waals surface area contributed by atoms with Crippen molar-refractivity contribution in [2.75, 3.05) is 12.3 Å². The van der Waals surface area contributed by atoms with E-state index in [1.165, 1.54) is 13.8 Å². The first-order valence-electron chi connectivity index (χ1n) is 25.0. The van der Waals surface area contributed by atoms with E-state index >= 15 is 0 Å². The number of nitrogens with one attached hydrogen (secondary N) is 9. The van der Waals surface area contributed by atoms with Crippen LogP contribution >= 0.6 is 12.6 Å². The molecule has 19 N–H and O–H groups in total. The smallest absolute Gasteiger partial charge is 0.326 e. The van der Waals surface area contributed by atoms with Crippen molar-refractivity contribution in [1.82, 2.24) is 47.9 Å². The van der Waals surface area contributed by atoms with Crippen LogP contribution < -0.4 is 70.8 Å². The normalized spacial score (nSPS) is 15.8. The number of rotatable bonds is 36. The Morgan fingerprint density at radius 1 is 0.467 bits per heavy atom. The van der Waals surface area contributed by atoms with E-state index < -0.39 is 156 Å². The van der Waals surface area contributed by atoms with Crippen LogP contribution in [-0.4, -0.2) is 160 Å². The van der Waals surface area contributed by atoms with Crippen LogP contribution in [0.4, 0.5) is 0 Å². The van der Waals surface area contributed by atoms with Crippen molar-refractivity contribution in [3.8, 4) is 0 Å². The molecule has 0 fully saturated rings. The molecule has 0 unspecified atom stereocenters. The maximum Gasteiger partial charge on any atom is 0.326 e. The molecule has 0 aromatic rings. The van der Waals surface area contributed by atoms with Gasteiger partial charge in [0.15, 0.2) is 0 Å². The summed E-state index contributed by atoms with van der Waals surface area (Å²) in [5.41, 5.74) is 21.6. The van der Waals surface area contributed by atoms with Gasteiger partial charge in [0, 0.05) is 12.2 Å². The molecule has 11 amide bonds. The molecule has 0 bridgehead atoms. The first-order valence-corrected chi connectivity index (χ1v) is 25.7. The highest BCUT2D eigenvalue weighted by Crippen LogP contribution is 2.12. The van der Waals surface area contributed by atoms with E-state index in [2.05, 4.69) is 60.5 Å². The number of unbranched alkanes of at least 4 members (excludes halogenated alkanes) is 1. The van der Waals surface area contributed by atoms with Crippen LogP contribution in [0.3, 0.4) is 0 Å². The topological polar surface area (TPSA) is 458 Å². The van der Waals surface area contributed by atoms with E-state index in [1.807, 2.05) is 0 Å². The molecule has 428 valence electrons. The predicted molar refractivity (Wildman–Crippen MR) is 278 cm³/mol. The van der Waals surface area contributed by atoms with Gasteiger partial charge < -0.3 is 81.0 Å². The maximum absolute atomic E-state index is 13.8. The molecule has 0 saturated heterocycles. The summed E-state index contributed by atoms with van der Waals surface area (Å²) in [7, 11) is 0. The minimum Gasteiger partial charge on any atom is -0.480 e. The lowest BCUT2D eigenvalue weighted by molar-refractivity contribution is -0.143. The van der Waals surface area contributed by atoms with Crippen LogP contribution in [0, 0.1) is 23.7 Å². The Labute approximate surface area is 444 Å². The molecule has 0 aromatic carbocycles. The average molecular weight is 1090 g/mol. The number of carboxylic acids is 1.